The predicted molar refractivity (Wildman–Crippen MR) is 62.0 cm³/mol. The van der Waals surface area contributed by atoms with Crippen LogP contribution in [-0.4, -0.2) is 35.9 Å². The summed E-state index contributed by atoms with van der Waals surface area (Å²) < 4.78 is 5.63. The molecular weight excluding hydrogens is 206 g/mol. The predicted octanol–water partition coefficient (Wildman–Crippen LogP) is 0.933. The Balaban J connectivity index is 2.59. The van der Waals surface area contributed by atoms with Crippen LogP contribution in [0.5, 0.6) is 0 Å². The van der Waals surface area contributed by atoms with Crippen LogP contribution in [0.1, 0.15) is 34.1 Å². The molecule has 4 nitrogen and oxygen atoms in total. The van der Waals surface area contributed by atoms with Crippen LogP contribution in [0.4, 0.5) is 0 Å². The highest BCUT2D eigenvalue weighted by atomic mass is 16.5. The van der Waals surface area contributed by atoms with Crippen molar-refractivity contribution in [2.75, 3.05) is 6.61 Å². The Morgan fingerprint density at radius 2 is 2.00 bits per heavy atom. The monoisotopic (exact) mass is 229 g/mol. The van der Waals surface area contributed by atoms with Crippen LogP contribution in [0.15, 0.2) is 0 Å². The first kappa shape index (κ1) is 13.5. The van der Waals surface area contributed by atoms with Crippen molar-refractivity contribution in [1.82, 2.24) is 5.32 Å². The summed E-state index contributed by atoms with van der Waals surface area (Å²) in [5.74, 6) is 0.132. The molecule has 5 atom stereocenters. The van der Waals surface area contributed by atoms with Crippen molar-refractivity contribution < 1.29 is 14.6 Å². The summed E-state index contributed by atoms with van der Waals surface area (Å²) in [5.41, 5.74) is 0. The van der Waals surface area contributed by atoms with E-state index in [1.165, 1.54) is 0 Å². The summed E-state index contributed by atoms with van der Waals surface area (Å²) >= 11 is 0. The number of ether oxygens (including phenoxy) is 1. The van der Waals surface area contributed by atoms with Crippen molar-refractivity contribution in [3.05, 3.63) is 0 Å². The Morgan fingerprint density at radius 3 is 2.38 bits per heavy atom. The fourth-order valence-corrected chi connectivity index (χ4v) is 2.29. The lowest BCUT2D eigenvalue weighted by Gasteiger charge is -2.21. The molecule has 0 aromatic heterocycles. The van der Waals surface area contributed by atoms with Crippen LogP contribution in [0.2, 0.25) is 0 Å². The van der Waals surface area contributed by atoms with E-state index in [-0.39, 0.29) is 42.6 Å². The maximum Gasteiger partial charge on any atom is 0.226 e. The van der Waals surface area contributed by atoms with E-state index in [4.69, 9.17) is 9.84 Å². The lowest BCUT2D eigenvalue weighted by Crippen LogP contribution is -2.44. The summed E-state index contributed by atoms with van der Waals surface area (Å²) in [6.07, 6.45) is 0.829. The summed E-state index contributed by atoms with van der Waals surface area (Å²) in [4.78, 5) is 12.0. The van der Waals surface area contributed by atoms with E-state index in [9.17, 15) is 4.79 Å². The molecule has 0 saturated carbocycles. The quantitative estimate of drug-likeness (QED) is 0.754. The van der Waals surface area contributed by atoms with Gasteiger partial charge in [-0.1, -0.05) is 13.8 Å². The second-order valence-electron chi connectivity index (χ2n) is 4.73. The highest BCUT2D eigenvalue weighted by Gasteiger charge is 2.41. The lowest BCUT2D eigenvalue weighted by atomic mass is 9.88. The van der Waals surface area contributed by atoms with Crippen LogP contribution in [0.25, 0.3) is 0 Å². The van der Waals surface area contributed by atoms with Crippen molar-refractivity contribution in [3.8, 4) is 0 Å². The van der Waals surface area contributed by atoms with Gasteiger partial charge in [0.2, 0.25) is 5.91 Å². The Morgan fingerprint density at radius 1 is 1.38 bits per heavy atom. The first-order chi connectivity index (χ1) is 7.51. The molecule has 4 heteroatoms. The maximum absolute atomic E-state index is 12.0. The molecule has 1 heterocycles. The Bertz CT molecular complexity index is 240. The molecule has 0 bridgehead atoms. The van der Waals surface area contributed by atoms with Crippen molar-refractivity contribution in [2.45, 2.75) is 52.4 Å². The summed E-state index contributed by atoms with van der Waals surface area (Å²) in [5, 5.41) is 11.9. The number of carbonyl (C=O) groups excluding carboxylic acids is 1. The van der Waals surface area contributed by atoms with Gasteiger partial charge in [-0.2, -0.15) is 0 Å². The molecule has 0 radical (unpaired) electrons. The normalized spacial score (nSPS) is 36.1. The second kappa shape index (κ2) is 5.64. The topological polar surface area (TPSA) is 58.6 Å². The van der Waals surface area contributed by atoms with Gasteiger partial charge in [0.25, 0.3) is 0 Å². The van der Waals surface area contributed by atoms with E-state index >= 15 is 0 Å². The molecule has 94 valence electrons. The SMILES string of the molecule is CC[C@H](CO)NC(=O)C1C(C)OC(C)C1C. The van der Waals surface area contributed by atoms with Crippen LogP contribution in [0.3, 0.4) is 0 Å². The molecule has 1 aliphatic heterocycles. The van der Waals surface area contributed by atoms with Crippen LogP contribution < -0.4 is 5.32 Å². The highest BCUT2D eigenvalue weighted by Crippen LogP contribution is 2.32. The van der Waals surface area contributed by atoms with Gasteiger partial charge < -0.3 is 15.2 Å². The summed E-state index contributed by atoms with van der Waals surface area (Å²) in [7, 11) is 0. The third-order valence-electron chi connectivity index (χ3n) is 3.60. The molecule has 0 aromatic carbocycles. The number of nitrogens with one attached hydrogen (secondary N) is 1. The number of rotatable bonds is 4. The number of aliphatic hydroxyl groups is 1. The fourth-order valence-electron chi connectivity index (χ4n) is 2.29. The smallest absolute Gasteiger partial charge is 0.226 e. The van der Waals surface area contributed by atoms with Gasteiger partial charge >= 0.3 is 0 Å². The lowest BCUT2D eigenvalue weighted by molar-refractivity contribution is -0.128. The van der Waals surface area contributed by atoms with E-state index in [1.54, 1.807) is 0 Å². The number of aliphatic hydroxyl groups excluding tert-OH is 1. The average molecular weight is 229 g/mol. The Labute approximate surface area is 97.4 Å². The Hall–Kier alpha value is -0.610. The summed E-state index contributed by atoms with van der Waals surface area (Å²) in [6.45, 7) is 7.91. The first-order valence-corrected chi connectivity index (χ1v) is 6.07. The van der Waals surface area contributed by atoms with E-state index in [0.717, 1.165) is 6.42 Å². The zero-order chi connectivity index (χ0) is 12.3. The van der Waals surface area contributed by atoms with Gasteiger partial charge in [-0.25, -0.2) is 0 Å². The molecule has 1 aliphatic rings. The van der Waals surface area contributed by atoms with Gasteiger partial charge in [0.1, 0.15) is 0 Å². The van der Waals surface area contributed by atoms with Gasteiger partial charge in [-0.15, -0.1) is 0 Å². The standard InChI is InChI=1S/C12H23NO3/c1-5-10(6-14)13-12(15)11-7(2)8(3)16-9(11)4/h7-11,14H,5-6H2,1-4H3,(H,13,15)/t7?,8?,9?,10-,11?/m1/s1. The van der Waals surface area contributed by atoms with Crippen molar-refractivity contribution >= 4 is 5.91 Å². The van der Waals surface area contributed by atoms with Crippen LogP contribution in [-0.2, 0) is 9.53 Å². The minimum absolute atomic E-state index is 0.00486. The second-order valence-corrected chi connectivity index (χ2v) is 4.73. The third kappa shape index (κ3) is 2.74. The highest BCUT2D eigenvalue weighted by molar-refractivity contribution is 5.80. The maximum atomic E-state index is 12.0. The number of amides is 1. The van der Waals surface area contributed by atoms with E-state index in [0.29, 0.717) is 0 Å². The Kier molecular flexibility index (Phi) is 4.74. The minimum atomic E-state index is -0.136. The zero-order valence-corrected chi connectivity index (χ0v) is 10.6. The van der Waals surface area contributed by atoms with Gasteiger partial charge in [0.15, 0.2) is 0 Å². The number of hydrogen-bond acceptors (Lipinski definition) is 3. The van der Waals surface area contributed by atoms with Crippen LogP contribution in [0, 0.1) is 11.8 Å². The molecule has 4 unspecified atom stereocenters. The van der Waals surface area contributed by atoms with E-state index < -0.39 is 0 Å². The minimum Gasteiger partial charge on any atom is -0.394 e. The zero-order valence-electron chi connectivity index (χ0n) is 10.6. The van der Waals surface area contributed by atoms with E-state index in [2.05, 4.69) is 5.32 Å². The van der Waals surface area contributed by atoms with Crippen molar-refractivity contribution in [3.63, 3.8) is 0 Å². The molecule has 0 aromatic rings. The molecule has 0 spiro atoms. The average Bonchev–Trinajstić information content (AvgIpc) is 2.49. The molecule has 1 rings (SSSR count). The molecule has 1 amide bonds. The molecule has 0 aliphatic carbocycles. The molecule has 16 heavy (non-hydrogen) atoms. The molecular formula is C12H23NO3. The van der Waals surface area contributed by atoms with Gasteiger partial charge in [0.05, 0.1) is 30.8 Å². The summed E-state index contributed by atoms with van der Waals surface area (Å²) in [6, 6.07) is -0.136. The number of carbonyl (C=O) groups is 1. The van der Waals surface area contributed by atoms with Gasteiger partial charge in [0, 0.05) is 0 Å². The first-order valence-electron chi connectivity index (χ1n) is 6.07. The molecule has 1 saturated heterocycles. The number of hydrogen-bond donors (Lipinski definition) is 2. The molecule has 1 fully saturated rings. The van der Waals surface area contributed by atoms with Crippen LogP contribution >= 0.6 is 0 Å². The van der Waals surface area contributed by atoms with Gasteiger partial charge in [-0.05, 0) is 26.2 Å². The van der Waals surface area contributed by atoms with E-state index in [1.807, 2.05) is 27.7 Å². The van der Waals surface area contributed by atoms with Crippen molar-refractivity contribution in [1.29, 1.82) is 0 Å². The van der Waals surface area contributed by atoms with Crippen molar-refractivity contribution in [2.24, 2.45) is 11.8 Å². The van der Waals surface area contributed by atoms with Gasteiger partial charge in [-0.3, -0.25) is 4.79 Å². The third-order valence-corrected chi connectivity index (χ3v) is 3.60. The fraction of sp³-hybridized carbons (Fsp3) is 0.917. The largest absolute Gasteiger partial charge is 0.394 e. The molecule has 2 N–H and O–H groups in total.